The minimum atomic E-state index is -3.53. The molecule has 1 aromatic carbocycles. The van der Waals surface area contributed by atoms with Crippen LogP contribution >= 0.6 is 11.6 Å². The molecule has 0 aromatic heterocycles. The van der Waals surface area contributed by atoms with E-state index in [1.54, 1.807) is 25.1 Å². The van der Waals surface area contributed by atoms with Crippen LogP contribution in [-0.2, 0) is 10.0 Å². The fraction of sp³-hybridized carbons (Fsp3) is 0.538. The van der Waals surface area contributed by atoms with Gasteiger partial charge in [-0.15, -0.1) is 0 Å². The molecule has 0 aliphatic rings. The number of nitrogens with zero attached hydrogens (tertiary/aromatic N) is 2. The lowest BCUT2D eigenvalue weighted by Gasteiger charge is -2.23. The number of benzene rings is 1. The lowest BCUT2D eigenvalue weighted by atomic mass is 10.2. The summed E-state index contributed by atoms with van der Waals surface area (Å²) in [5, 5.41) is 0.281. The monoisotopic (exact) mass is 304 g/mol. The predicted octanol–water partition coefficient (Wildman–Crippen LogP) is 2.22. The second kappa shape index (κ2) is 6.70. The summed E-state index contributed by atoms with van der Waals surface area (Å²) in [5.74, 6) is 0. The molecule has 1 rings (SSSR count). The summed E-state index contributed by atoms with van der Waals surface area (Å²) in [6, 6.07) is 5.13. The van der Waals surface area contributed by atoms with Gasteiger partial charge in [-0.05, 0) is 32.6 Å². The molecule has 0 saturated heterocycles. The molecule has 0 saturated carbocycles. The summed E-state index contributed by atoms with van der Waals surface area (Å²) < 4.78 is 26.7. The van der Waals surface area contributed by atoms with Crippen LogP contribution in [0.15, 0.2) is 23.1 Å². The first-order valence-corrected chi connectivity index (χ1v) is 8.02. The van der Waals surface area contributed by atoms with Gasteiger partial charge in [-0.3, -0.25) is 0 Å². The molecule has 1 aromatic rings. The van der Waals surface area contributed by atoms with Gasteiger partial charge in [0.1, 0.15) is 4.90 Å². The van der Waals surface area contributed by atoms with Crippen LogP contribution in [-0.4, -0.2) is 51.4 Å². The summed E-state index contributed by atoms with van der Waals surface area (Å²) >= 11 is 6.06. The van der Waals surface area contributed by atoms with E-state index in [-0.39, 0.29) is 9.92 Å². The number of likely N-dealkylation sites (N-methyl/N-ethyl adjacent to an activating group) is 2. The Balaban J connectivity index is 3.14. The maximum Gasteiger partial charge on any atom is 0.244 e. The van der Waals surface area contributed by atoms with Crippen molar-refractivity contribution in [2.24, 2.45) is 0 Å². The maximum atomic E-state index is 12.6. The van der Waals surface area contributed by atoms with E-state index in [2.05, 4.69) is 0 Å². The van der Waals surface area contributed by atoms with Crippen LogP contribution in [0.3, 0.4) is 0 Å². The van der Waals surface area contributed by atoms with E-state index in [4.69, 9.17) is 11.6 Å². The molecular weight excluding hydrogens is 284 g/mol. The van der Waals surface area contributed by atoms with Crippen molar-refractivity contribution in [3.8, 4) is 0 Å². The third-order valence-electron chi connectivity index (χ3n) is 2.91. The highest BCUT2D eigenvalue weighted by atomic mass is 35.5. The van der Waals surface area contributed by atoms with Crippen LogP contribution in [0.5, 0.6) is 0 Å². The van der Waals surface area contributed by atoms with Crippen molar-refractivity contribution in [3.63, 3.8) is 0 Å². The molecule has 0 heterocycles. The molecule has 0 amide bonds. The Morgan fingerprint density at radius 1 is 1.21 bits per heavy atom. The molecule has 0 aliphatic heterocycles. The topological polar surface area (TPSA) is 40.6 Å². The van der Waals surface area contributed by atoms with E-state index in [0.717, 1.165) is 0 Å². The van der Waals surface area contributed by atoms with Crippen molar-refractivity contribution in [1.82, 2.24) is 9.21 Å². The third kappa shape index (κ3) is 3.92. The molecule has 0 radical (unpaired) electrons. The van der Waals surface area contributed by atoms with Crippen LogP contribution in [0.1, 0.15) is 12.5 Å². The van der Waals surface area contributed by atoms with Crippen LogP contribution in [0.4, 0.5) is 0 Å². The van der Waals surface area contributed by atoms with Crippen LogP contribution in [0, 0.1) is 6.92 Å². The summed E-state index contributed by atoms with van der Waals surface area (Å²) in [7, 11) is 0.302. The lowest BCUT2D eigenvalue weighted by Crippen LogP contribution is -2.36. The molecular formula is C13H21ClN2O2S. The Morgan fingerprint density at radius 3 is 2.32 bits per heavy atom. The van der Waals surface area contributed by atoms with Gasteiger partial charge in [0.15, 0.2) is 0 Å². The van der Waals surface area contributed by atoms with Crippen molar-refractivity contribution in [3.05, 3.63) is 28.8 Å². The Bertz CT molecular complexity index is 509. The first-order valence-electron chi connectivity index (χ1n) is 6.20. The van der Waals surface area contributed by atoms with Crippen LogP contribution < -0.4 is 0 Å². The van der Waals surface area contributed by atoms with Crippen LogP contribution in [0.25, 0.3) is 0 Å². The van der Waals surface area contributed by atoms with Gasteiger partial charge in [0.25, 0.3) is 0 Å². The number of hydrogen-bond donors (Lipinski definition) is 0. The van der Waals surface area contributed by atoms with E-state index in [9.17, 15) is 8.42 Å². The van der Waals surface area contributed by atoms with Crippen molar-refractivity contribution < 1.29 is 8.42 Å². The van der Waals surface area contributed by atoms with E-state index in [0.29, 0.717) is 25.2 Å². The van der Waals surface area contributed by atoms with Gasteiger partial charge in [-0.1, -0.05) is 30.7 Å². The second-order valence-electron chi connectivity index (χ2n) is 4.69. The zero-order valence-corrected chi connectivity index (χ0v) is 13.4. The number of halogens is 1. The molecule has 108 valence electrons. The molecule has 0 bridgehead atoms. The van der Waals surface area contributed by atoms with E-state index < -0.39 is 10.0 Å². The minimum Gasteiger partial charge on any atom is -0.308 e. The fourth-order valence-electron chi connectivity index (χ4n) is 1.83. The number of rotatable bonds is 6. The van der Waals surface area contributed by atoms with Crippen molar-refractivity contribution >= 4 is 21.6 Å². The SMILES string of the molecule is CCN(CCN(C)C)S(=O)(=O)c1c(C)cccc1Cl. The molecule has 0 fully saturated rings. The summed E-state index contributed by atoms with van der Waals surface area (Å²) in [5.41, 5.74) is 0.677. The normalized spacial score (nSPS) is 12.4. The van der Waals surface area contributed by atoms with Gasteiger partial charge >= 0.3 is 0 Å². The smallest absolute Gasteiger partial charge is 0.244 e. The Kier molecular flexibility index (Phi) is 5.80. The van der Waals surface area contributed by atoms with Crippen molar-refractivity contribution in [2.75, 3.05) is 33.7 Å². The first kappa shape index (κ1) is 16.4. The highest BCUT2D eigenvalue weighted by Crippen LogP contribution is 2.27. The first-order chi connectivity index (χ1) is 8.80. The lowest BCUT2D eigenvalue weighted by molar-refractivity contribution is 0.340. The molecule has 0 spiro atoms. The average molecular weight is 305 g/mol. The number of hydrogen-bond acceptors (Lipinski definition) is 3. The summed E-state index contributed by atoms with van der Waals surface area (Å²) in [6.07, 6.45) is 0. The van der Waals surface area contributed by atoms with Gasteiger partial charge in [-0.25, -0.2) is 8.42 Å². The van der Waals surface area contributed by atoms with Gasteiger partial charge < -0.3 is 4.90 Å². The average Bonchev–Trinajstić information content (AvgIpc) is 2.28. The quantitative estimate of drug-likeness (QED) is 0.809. The van der Waals surface area contributed by atoms with E-state index >= 15 is 0 Å². The summed E-state index contributed by atoms with van der Waals surface area (Å²) in [6.45, 7) is 5.16. The molecule has 6 heteroatoms. The van der Waals surface area contributed by atoms with Gasteiger partial charge in [-0.2, -0.15) is 4.31 Å². The second-order valence-corrected chi connectivity index (χ2v) is 6.97. The highest BCUT2D eigenvalue weighted by molar-refractivity contribution is 7.89. The molecule has 19 heavy (non-hydrogen) atoms. The molecule has 0 aliphatic carbocycles. The number of sulfonamides is 1. The van der Waals surface area contributed by atoms with Crippen molar-refractivity contribution in [1.29, 1.82) is 0 Å². The number of aryl methyl sites for hydroxylation is 1. The van der Waals surface area contributed by atoms with Crippen LogP contribution in [0.2, 0.25) is 5.02 Å². The zero-order chi connectivity index (χ0) is 14.6. The van der Waals surface area contributed by atoms with E-state index in [1.807, 2.05) is 25.9 Å². The highest BCUT2D eigenvalue weighted by Gasteiger charge is 2.26. The standard InChI is InChI=1S/C13H21ClN2O2S/c1-5-16(10-9-15(3)4)19(17,18)13-11(2)7-6-8-12(13)14/h6-8H,5,9-10H2,1-4H3. The zero-order valence-electron chi connectivity index (χ0n) is 11.9. The van der Waals surface area contributed by atoms with Gasteiger partial charge in [0.05, 0.1) is 5.02 Å². The molecule has 0 atom stereocenters. The fourth-order valence-corrected chi connectivity index (χ4v) is 4.06. The van der Waals surface area contributed by atoms with E-state index in [1.165, 1.54) is 4.31 Å². The predicted molar refractivity (Wildman–Crippen MR) is 79.2 cm³/mol. The van der Waals surface area contributed by atoms with Gasteiger partial charge in [0.2, 0.25) is 10.0 Å². The minimum absolute atomic E-state index is 0.220. The third-order valence-corrected chi connectivity index (χ3v) is 5.52. The maximum absolute atomic E-state index is 12.6. The largest absolute Gasteiger partial charge is 0.308 e. The molecule has 4 nitrogen and oxygen atoms in total. The molecule has 0 N–H and O–H groups in total. The van der Waals surface area contributed by atoms with Crippen molar-refractivity contribution in [2.45, 2.75) is 18.7 Å². The van der Waals surface area contributed by atoms with Gasteiger partial charge in [0, 0.05) is 19.6 Å². The Labute approximate surface area is 121 Å². The Morgan fingerprint density at radius 2 is 1.84 bits per heavy atom. The summed E-state index contributed by atoms with van der Waals surface area (Å²) in [4.78, 5) is 2.18. The Hall–Kier alpha value is -0.620. The molecule has 0 unspecified atom stereocenters.